The van der Waals surface area contributed by atoms with E-state index < -0.39 is 42.1 Å². The maximum Gasteiger partial charge on any atom is 0.266 e. The van der Waals surface area contributed by atoms with Gasteiger partial charge in [0.1, 0.15) is 6.04 Å². The van der Waals surface area contributed by atoms with Crippen LogP contribution in [0.15, 0.2) is 18.2 Å². The Morgan fingerprint density at radius 2 is 1.81 bits per heavy atom. The van der Waals surface area contributed by atoms with Crippen molar-refractivity contribution in [1.82, 2.24) is 10.2 Å². The summed E-state index contributed by atoms with van der Waals surface area (Å²) >= 11 is 0. The normalized spacial score (nSPS) is 24.9. The van der Waals surface area contributed by atoms with E-state index >= 15 is 0 Å². The van der Waals surface area contributed by atoms with Crippen molar-refractivity contribution in [3.05, 3.63) is 29.3 Å². The van der Waals surface area contributed by atoms with E-state index in [0.29, 0.717) is 5.69 Å². The Hall–Kier alpha value is -2.84. The lowest BCUT2D eigenvalue weighted by Crippen LogP contribution is -2.54. The molecule has 0 bridgehead atoms. The van der Waals surface area contributed by atoms with Crippen LogP contribution < -0.4 is 10.2 Å². The summed E-state index contributed by atoms with van der Waals surface area (Å²) in [6.07, 6.45) is -0.154. The van der Waals surface area contributed by atoms with E-state index in [1.165, 1.54) is 23.1 Å². The minimum Gasteiger partial charge on any atom is -0.365 e. The molecule has 4 amide bonds. The molecule has 0 aromatic heterocycles. The van der Waals surface area contributed by atoms with Gasteiger partial charge in [0.05, 0.1) is 17.7 Å². The molecule has 0 radical (unpaired) electrons. The Balaban J connectivity index is 1.63. The van der Waals surface area contributed by atoms with Gasteiger partial charge in [-0.2, -0.15) is 0 Å². The number of imide groups is 2. The van der Waals surface area contributed by atoms with Crippen LogP contribution in [-0.4, -0.2) is 53.6 Å². The zero-order valence-corrected chi connectivity index (χ0v) is 13.6. The molecule has 0 saturated carbocycles. The Kier molecular flexibility index (Phi) is 3.57. The summed E-state index contributed by atoms with van der Waals surface area (Å²) in [6.45, 7) is -0.282. The number of hydrogen-bond donors (Lipinski definition) is 1. The van der Waals surface area contributed by atoms with Gasteiger partial charge in [0.2, 0.25) is 11.8 Å². The number of halogens is 2. The molecule has 1 aromatic carbocycles. The molecule has 26 heavy (non-hydrogen) atoms. The van der Waals surface area contributed by atoms with Crippen molar-refractivity contribution >= 4 is 29.3 Å². The second-order valence-corrected chi connectivity index (χ2v) is 6.70. The minimum atomic E-state index is -2.78. The third-order valence-electron chi connectivity index (χ3n) is 4.96. The average Bonchev–Trinajstić information content (AvgIpc) is 3.06. The highest BCUT2D eigenvalue weighted by atomic mass is 19.3. The van der Waals surface area contributed by atoms with Gasteiger partial charge in [-0.05, 0) is 24.6 Å². The standard InChI is InChI=1S/C17H15F2N3O4/c18-17(19)5-6-21(8-17)9-1-2-10-11(7-9)16(26)22(15(10)25)12-3-4-13(23)20-14(12)24/h1-2,7,12H,3-6,8H2,(H,20,23,24). The van der Waals surface area contributed by atoms with Crippen molar-refractivity contribution in [3.63, 3.8) is 0 Å². The van der Waals surface area contributed by atoms with Crippen LogP contribution in [-0.2, 0) is 9.59 Å². The first-order chi connectivity index (χ1) is 12.3. The number of amides is 4. The van der Waals surface area contributed by atoms with Crippen LogP contribution in [0.3, 0.4) is 0 Å². The lowest BCUT2D eigenvalue weighted by molar-refractivity contribution is -0.136. The summed E-state index contributed by atoms with van der Waals surface area (Å²) in [5, 5.41) is 2.12. The molecule has 0 spiro atoms. The monoisotopic (exact) mass is 363 g/mol. The molecule has 3 aliphatic heterocycles. The first-order valence-electron chi connectivity index (χ1n) is 8.25. The van der Waals surface area contributed by atoms with E-state index in [1.807, 2.05) is 0 Å². The van der Waals surface area contributed by atoms with Crippen molar-refractivity contribution in [2.24, 2.45) is 0 Å². The number of anilines is 1. The number of rotatable bonds is 2. The SMILES string of the molecule is O=C1CCC(N2C(=O)c3ccc(N4CCC(F)(F)C4)cc3C2=O)C(=O)N1. The fourth-order valence-electron chi connectivity index (χ4n) is 3.61. The molecular formula is C17H15F2N3O4. The molecule has 136 valence electrons. The van der Waals surface area contributed by atoms with E-state index in [4.69, 9.17) is 0 Å². The number of nitrogens with one attached hydrogen (secondary N) is 1. The molecule has 7 nitrogen and oxygen atoms in total. The Labute approximate surface area is 146 Å². The summed E-state index contributed by atoms with van der Waals surface area (Å²) < 4.78 is 26.9. The predicted octanol–water partition coefficient (Wildman–Crippen LogP) is 0.933. The molecule has 1 atom stereocenters. The molecule has 1 aromatic rings. The molecule has 1 N–H and O–H groups in total. The Morgan fingerprint density at radius 1 is 1.08 bits per heavy atom. The molecule has 0 aliphatic carbocycles. The van der Waals surface area contributed by atoms with E-state index in [2.05, 4.69) is 5.32 Å². The third-order valence-corrected chi connectivity index (χ3v) is 4.96. The van der Waals surface area contributed by atoms with Crippen LogP contribution in [0.25, 0.3) is 0 Å². The fraction of sp³-hybridized carbons (Fsp3) is 0.412. The van der Waals surface area contributed by atoms with Gasteiger partial charge in [-0.3, -0.25) is 29.4 Å². The van der Waals surface area contributed by atoms with Gasteiger partial charge < -0.3 is 4.90 Å². The smallest absolute Gasteiger partial charge is 0.266 e. The van der Waals surface area contributed by atoms with Gasteiger partial charge in [0.25, 0.3) is 17.7 Å². The minimum absolute atomic E-state index is 0.0396. The molecule has 4 rings (SSSR count). The van der Waals surface area contributed by atoms with Gasteiger partial charge >= 0.3 is 0 Å². The zero-order valence-electron chi connectivity index (χ0n) is 13.6. The van der Waals surface area contributed by atoms with E-state index in [9.17, 15) is 28.0 Å². The van der Waals surface area contributed by atoms with E-state index in [-0.39, 0.29) is 36.9 Å². The summed E-state index contributed by atoms with van der Waals surface area (Å²) in [6, 6.07) is 3.33. The topological polar surface area (TPSA) is 86.8 Å². The van der Waals surface area contributed by atoms with Crippen LogP contribution in [0.5, 0.6) is 0 Å². The summed E-state index contributed by atoms with van der Waals surface area (Å²) in [5.74, 6) is -5.17. The summed E-state index contributed by atoms with van der Waals surface area (Å²) in [5.41, 5.74) is 0.661. The third kappa shape index (κ3) is 2.54. The highest BCUT2D eigenvalue weighted by molar-refractivity contribution is 6.23. The highest BCUT2D eigenvalue weighted by Gasteiger charge is 2.45. The number of fused-ring (bicyclic) bond motifs is 1. The average molecular weight is 363 g/mol. The van der Waals surface area contributed by atoms with E-state index in [1.54, 1.807) is 0 Å². The maximum atomic E-state index is 13.4. The van der Waals surface area contributed by atoms with Crippen molar-refractivity contribution in [2.45, 2.75) is 31.2 Å². The first kappa shape index (κ1) is 16.6. The molecular weight excluding hydrogens is 348 g/mol. The van der Waals surface area contributed by atoms with E-state index in [0.717, 1.165) is 4.90 Å². The van der Waals surface area contributed by atoms with Crippen LogP contribution >= 0.6 is 0 Å². The number of carbonyl (C=O) groups excluding carboxylic acids is 4. The number of alkyl halides is 2. The fourth-order valence-corrected chi connectivity index (χ4v) is 3.61. The largest absolute Gasteiger partial charge is 0.365 e. The predicted molar refractivity (Wildman–Crippen MR) is 84.9 cm³/mol. The van der Waals surface area contributed by atoms with Gasteiger partial charge in [0.15, 0.2) is 0 Å². The molecule has 3 heterocycles. The molecule has 2 saturated heterocycles. The lowest BCUT2D eigenvalue weighted by Gasteiger charge is -2.27. The summed E-state index contributed by atoms with van der Waals surface area (Å²) in [7, 11) is 0. The summed E-state index contributed by atoms with van der Waals surface area (Å²) in [4.78, 5) is 50.9. The quantitative estimate of drug-likeness (QED) is 0.790. The van der Waals surface area contributed by atoms with Gasteiger partial charge in [-0.15, -0.1) is 0 Å². The number of nitrogens with zero attached hydrogens (tertiary/aromatic N) is 2. The number of hydrogen-bond acceptors (Lipinski definition) is 5. The Bertz CT molecular complexity index is 854. The lowest BCUT2D eigenvalue weighted by atomic mass is 10.0. The zero-order chi connectivity index (χ0) is 18.6. The molecule has 2 fully saturated rings. The number of piperidine rings is 1. The second-order valence-electron chi connectivity index (χ2n) is 6.70. The maximum absolute atomic E-state index is 13.4. The van der Waals surface area contributed by atoms with Gasteiger partial charge in [0, 0.05) is 25.1 Å². The van der Waals surface area contributed by atoms with Crippen molar-refractivity contribution in [3.8, 4) is 0 Å². The van der Waals surface area contributed by atoms with Crippen LogP contribution in [0.4, 0.5) is 14.5 Å². The number of benzene rings is 1. The Morgan fingerprint density at radius 3 is 2.46 bits per heavy atom. The molecule has 3 aliphatic rings. The van der Waals surface area contributed by atoms with Crippen LogP contribution in [0, 0.1) is 0 Å². The van der Waals surface area contributed by atoms with Crippen molar-refractivity contribution < 1.29 is 28.0 Å². The van der Waals surface area contributed by atoms with Crippen molar-refractivity contribution in [1.29, 1.82) is 0 Å². The first-order valence-corrected chi connectivity index (χ1v) is 8.25. The van der Waals surface area contributed by atoms with Gasteiger partial charge in [-0.25, -0.2) is 8.78 Å². The van der Waals surface area contributed by atoms with Crippen LogP contribution in [0.1, 0.15) is 40.0 Å². The highest BCUT2D eigenvalue weighted by Crippen LogP contribution is 2.34. The molecule has 1 unspecified atom stereocenters. The van der Waals surface area contributed by atoms with Crippen molar-refractivity contribution in [2.75, 3.05) is 18.0 Å². The number of carbonyl (C=O) groups is 4. The molecule has 9 heteroatoms. The van der Waals surface area contributed by atoms with Gasteiger partial charge in [-0.1, -0.05) is 0 Å². The van der Waals surface area contributed by atoms with Crippen LogP contribution in [0.2, 0.25) is 0 Å². The second kappa shape index (κ2) is 5.58.